The standard InChI is InChI=1S/C11H15BrN2OS2/c1-2-14(5-8-3-4-10(12)17-8)11(15)9-6-16-7-13-9/h3-4,9,13H,2,5-7H2,1H3. The maximum Gasteiger partial charge on any atom is 0.240 e. The number of halogens is 1. The molecule has 0 aromatic carbocycles. The van der Waals surface area contributed by atoms with E-state index >= 15 is 0 Å². The average molecular weight is 335 g/mol. The second-order valence-corrected chi connectivity index (χ2v) is 7.41. The zero-order chi connectivity index (χ0) is 12.3. The molecule has 1 N–H and O–H groups in total. The third kappa shape index (κ3) is 3.47. The molecule has 0 spiro atoms. The fraction of sp³-hybridized carbons (Fsp3) is 0.545. The van der Waals surface area contributed by atoms with Gasteiger partial charge in [-0.25, -0.2) is 0 Å². The van der Waals surface area contributed by atoms with E-state index in [1.54, 1.807) is 23.1 Å². The predicted molar refractivity (Wildman–Crippen MR) is 77.4 cm³/mol. The third-order valence-corrected chi connectivity index (χ3v) is 5.23. The Kier molecular flexibility index (Phi) is 4.90. The van der Waals surface area contributed by atoms with Crippen LogP contribution in [0.2, 0.25) is 0 Å². The van der Waals surface area contributed by atoms with Crippen LogP contribution in [0.4, 0.5) is 0 Å². The van der Waals surface area contributed by atoms with Crippen LogP contribution in [0.1, 0.15) is 11.8 Å². The van der Waals surface area contributed by atoms with Crippen LogP contribution in [0.15, 0.2) is 15.9 Å². The van der Waals surface area contributed by atoms with Crippen LogP contribution in [0.3, 0.4) is 0 Å². The molecule has 1 aliphatic rings. The van der Waals surface area contributed by atoms with Crippen molar-refractivity contribution in [2.24, 2.45) is 0 Å². The van der Waals surface area contributed by atoms with Gasteiger partial charge in [0.25, 0.3) is 0 Å². The summed E-state index contributed by atoms with van der Waals surface area (Å²) in [5, 5.41) is 3.23. The Morgan fingerprint density at radius 2 is 2.47 bits per heavy atom. The van der Waals surface area contributed by atoms with Crippen molar-refractivity contribution >= 4 is 44.9 Å². The summed E-state index contributed by atoms with van der Waals surface area (Å²) in [6, 6.07) is 4.10. The molecule has 0 radical (unpaired) electrons. The zero-order valence-electron chi connectivity index (χ0n) is 9.61. The smallest absolute Gasteiger partial charge is 0.240 e. The predicted octanol–water partition coefficient (Wildman–Crippen LogP) is 2.52. The number of rotatable bonds is 4. The summed E-state index contributed by atoms with van der Waals surface area (Å²) in [5.74, 6) is 2.00. The highest BCUT2D eigenvalue weighted by Crippen LogP contribution is 2.23. The van der Waals surface area contributed by atoms with Crippen LogP contribution in [0.5, 0.6) is 0 Å². The third-order valence-electron chi connectivity index (χ3n) is 2.68. The summed E-state index contributed by atoms with van der Waals surface area (Å²) in [5.41, 5.74) is 0. The number of nitrogens with one attached hydrogen (secondary N) is 1. The Morgan fingerprint density at radius 3 is 3.00 bits per heavy atom. The topological polar surface area (TPSA) is 32.3 Å². The molecule has 3 nitrogen and oxygen atoms in total. The SMILES string of the molecule is CCN(Cc1ccc(Br)s1)C(=O)C1CSCN1. The Labute approximate surface area is 118 Å². The molecule has 2 rings (SSSR count). The molecule has 1 aliphatic heterocycles. The van der Waals surface area contributed by atoms with Gasteiger partial charge in [-0.05, 0) is 35.0 Å². The van der Waals surface area contributed by atoms with E-state index in [1.807, 2.05) is 17.9 Å². The Morgan fingerprint density at radius 1 is 1.65 bits per heavy atom. The van der Waals surface area contributed by atoms with E-state index in [9.17, 15) is 4.79 Å². The number of likely N-dealkylation sites (N-methyl/N-ethyl adjacent to an activating group) is 1. The molecule has 6 heteroatoms. The van der Waals surface area contributed by atoms with Crippen molar-refractivity contribution in [3.8, 4) is 0 Å². The summed E-state index contributed by atoms with van der Waals surface area (Å²) < 4.78 is 1.12. The fourth-order valence-corrected chi connectivity index (χ4v) is 4.18. The Hall–Kier alpha value is -0.0400. The molecule has 1 aromatic rings. The molecule has 1 amide bonds. The molecule has 1 atom stereocenters. The molecule has 1 unspecified atom stereocenters. The van der Waals surface area contributed by atoms with Crippen molar-refractivity contribution in [2.75, 3.05) is 18.2 Å². The molecule has 1 saturated heterocycles. The van der Waals surface area contributed by atoms with E-state index in [1.165, 1.54) is 4.88 Å². The molecule has 0 aliphatic carbocycles. The second kappa shape index (κ2) is 6.22. The Bertz CT molecular complexity index is 391. The minimum atomic E-state index is 0.00310. The van der Waals surface area contributed by atoms with Crippen LogP contribution in [-0.2, 0) is 11.3 Å². The first-order chi connectivity index (χ1) is 8.20. The van der Waals surface area contributed by atoms with Crippen molar-refractivity contribution in [1.29, 1.82) is 0 Å². The summed E-state index contributed by atoms with van der Waals surface area (Å²) in [6.45, 7) is 3.51. The highest BCUT2D eigenvalue weighted by molar-refractivity contribution is 9.11. The van der Waals surface area contributed by atoms with Crippen LogP contribution in [0, 0.1) is 0 Å². The molecule has 94 valence electrons. The number of amides is 1. The molecule has 0 saturated carbocycles. The van der Waals surface area contributed by atoms with Crippen LogP contribution in [-0.4, -0.2) is 35.0 Å². The number of hydrogen-bond donors (Lipinski definition) is 1. The van der Waals surface area contributed by atoms with Crippen LogP contribution < -0.4 is 5.32 Å². The lowest BCUT2D eigenvalue weighted by Gasteiger charge is -2.23. The van der Waals surface area contributed by atoms with Crippen molar-refractivity contribution in [2.45, 2.75) is 19.5 Å². The number of nitrogens with zero attached hydrogens (tertiary/aromatic N) is 1. The number of carbonyl (C=O) groups excluding carboxylic acids is 1. The van der Waals surface area contributed by atoms with E-state index in [0.717, 1.165) is 22.0 Å². The zero-order valence-corrected chi connectivity index (χ0v) is 12.8. The van der Waals surface area contributed by atoms with E-state index in [0.29, 0.717) is 6.54 Å². The number of hydrogen-bond acceptors (Lipinski definition) is 4. The monoisotopic (exact) mass is 334 g/mol. The molecular formula is C11H15BrN2OS2. The van der Waals surface area contributed by atoms with Crippen LogP contribution >= 0.6 is 39.0 Å². The van der Waals surface area contributed by atoms with Gasteiger partial charge >= 0.3 is 0 Å². The lowest BCUT2D eigenvalue weighted by molar-refractivity contribution is -0.133. The lowest BCUT2D eigenvalue weighted by Crippen LogP contribution is -2.44. The van der Waals surface area contributed by atoms with Crippen LogP contribution in [0.25, 0.3) is 0 Å². The highest BCUT2D eigenvalue weighted by atomic mass is 79.9. The second-order valence-electron chi connectivity index (χ2n) is 3.83. The minimum absolute atomic E-state index is 0.00310. The van der Waals surface area contributed by atoms with Gasteiger partial charge in [0.1, 0.15) is 0 Å². The largest absolute Gasteiger partial charge is 0.336 e. The normalized spacial score (nSPS) is 19.5. The van der Waals surface area contributed by atoms with Gasteiger partial charge in [0.2, 0.25) is 5.91 Å². The Balaban J connectivity index is 1.98. The quantitative estimate of drug-likeness (QED) is 0.918. The van der Waals surface area contributed by atoms with E-state index < -0.39 is 0 Å². The minimum Gasteiger partial charge on any atom is -0.336 e. The maximum absolute atomic E-state index is 12.2. The van der Waals surface area contributed by atoms with E-state index in [-0.39, 0.29) is 11.9 Å². The summed E-state index contributed by atoms with van der Waals surface area (Å²) in [4.78, 5) is 15.4. The summed E-state index contributed by atoms with van der Waals surface area (Å²) in [6.07, 6.45) is 0. The molecule has 1 aromatic heterocycles. The first kappa shape index (κ1) is 13.4. The average Bonchev–Trinajstić information content (AvgIpc) is 2.96. The molecular weight excluding hydrogens is 320 g/mol. The van der Waals surface area contributed by atoms with Crippen molar-refractivity contribution < 1.29 is 4.79 Å². The van der Waals surface area contributed by atoms with Gasteiger partial charge in [0.15, 0.2) is 0 Å². The lowest BCUT2D eigenvalue weighted by atomic mass is 10.2. The number of carbonyl (C=O) groups is 1. The van der Waals surface area contributed by atoms with Gasteiger partial charge in [-0.2, -0.15) is 0 Å². The molecule has 17 heavy (non-hydrogen) atoms. The summed E-state index contributed by atoms with van der Waals surface area (Å²) in [7, 11) is 0. The molecule has 0 bridgehead atoms. The van der Waals surface area contributed by atoms with Crippen molar-refractivity contribution in [3.63, 3.8) is 0 Å². The molecule has 1 fully saturated rings. The maximum atomic E-state index is 12.2. The highest BCUT2D eigenvalue weighted by Gasteiger charge is 2.26. The van der Waals surface area contributed by atoms with Gasteiger partial charge in [0, 0.05) is 23.1 Å². The first-order valence-corrected chi connectivity index (χ1v) is 8.31. The van der Waals surface area contributed by atoms with Crippen molar-refractivity contribution in [1.82, 2.24) is 10.2 Å². The number of thiophene rings is 1. The van der Waals surface area contributed by atoms with E-state index in [4.69, 9.17) is 0 Å². The fourth-order valence-electron chi connectivity index (χ4n) is 1.74. The first-order valence-electron chi connectivity index (χ1n) is 5.55. The van der Waals surface area contributed by atoms with Gasteiger partial charge in [-0.1, -0.05) is 0 Å². The van der Waals surface area contributed by atoms with Crippen molar-refractivity contribution in [3.05, 3.63) is 20.8 Å². The summed E-state index contributed by atoms with van der Waals surface area (Å²) >= 11 is 6.92. The van der Waals surface area contributed by atoms with E-state index in [2.05, 4.69) is 27.3 Å². The molecule has 2 heterocycles. The van der Waals surface area contributed by atoms with Gasteiger partial charge < -0.3 is 4.90 Å². The van der Waals surface area contributed by atoms with Gasteiger partial charge in [-0.15, -0.1) is 23.1 Å². The van der Waals surface area contributed by atoms with Gasteiger partial charge in [-0.3, -0.25) is 10.1 Å². The van der Waals surface area contributed by atoms with Gasteiger partial charge in [0.05, 0.1) is 16.4 Å². The number of thioether (sulfide) groups is 1.